The number of aliphatic carboxylic acids is 1. The minimum absolute atomic E-state index is 0.0527. The van der Waals surface area contributed by atoms with Crippen LogP contribution in [0.3, 0.4) is 0 Å². The van der Waals surface area contributed by atoms with Crippen molar-refractivity contribution in [2.75, 3.05) is 7.11 Å². The van der Waals surface area contributed by atoms with Crippen LogP contribution in [0.1, 0.15) is 11.1 Å². The topological polar surface area (TPSA) is 59.4 Å². The summed E-state index contributed by atoms with van der Waals surface area (Å²) in [6, 6.07) is 1.76. The molecule has 13 heavy (non-hydrogen) atoms. The monoisotopic (exact) mass is 181 g/mol. The van der Waals surface area contributed by atoms with E-state index < -0.39 is 5.97 Å². The molecular weight excluding hydrogens is 170 g/mol. The number of carbonyl (C=O) groups is 1. The summed E-state index contributed by atoms with van der Waals surface area (Å²) in [5.41, 5.74) is 1.52. The Morgan fingerprint density at radius 2 is 2.38 bits per heavy atom. The average molecular weight is 181 g/mol. The fourth-order valence-electron chi connectivity index (χ4n) is 1.11. The SMILES string of the molecule is COc1nccc(C)c1CC(=O)O. The van der Waals surface area contributed by atoms with Crippen molar-refractivity contribution < 1.29 is 14.6 Å². The van der Waals surface area contributed by atoms with E-state index in [9.17, 15) is 4.79 Å². The lowest BCUT2D eigenvalue weighted by Crippen LogP contribution is -2.05. The zero-order chi connectivity index (χ0) is 9.84. The molecule has 0 unspecified atom stereocenters. The highest BCUT2D eigenvalue weighted by molar-refractivity contribution is 5.71. The normalized spacial score (nSPS) is 9.69. The van der Waals surface area contributed by atoms with Crippen LogP contribution in [0, 0.1) is 6.92 Å². The van der Waals surface area contributed by atoms with Gasteiger partial charge < -0.3 is 9.84 Å². The van der Waals surface area contributed by atoms with Crippen LogP contribution in [0.25, 0.3) is 0 Å². The third-order valence-corrected chi connectivity index (χ3v) is 1.77. The van der Waals surface area contributed by atoms with Gasteiger partial charge in [0.15, 0.2) is 0 Å². The van der Waals surface area contributed by atoms with Crippen LogP contribution in [0.5, 0.6) is 5.88 Å². The maximum atomic E-state index is 10.5. The van der Waals surface area contributed by atoms with Gasteiger partial charge in [-0.25, -0.2) is 4.98 Å². The quantitative estimate of drug-likeness (QED) is 0.756. The van der Waals surface area contributed by atoms with Gasteiger partial charge in [0.25, 0.3) is 0 Å². The lowest BCUT2D eigenvalue weighted by Gasteiger charge is -2.07. The number of aryl methyl sites for hydroxylation is 1. The molecule has 4 heteroatoms. The van der Waals surface area contributed by atoms with Gasteiger partial charge in [0.2, 0.25) is 5.88 Å². The predicted octanol–water partition coefficient (Wildman–Crippen LogP) is 1.03. The molecule has 0 atom stereocenters. The van der Waals surface area contributed by atoms with Gasteiger partial charge in [-0.15, -0.1) is 0 Å². The van der Waals surface area contributed by atoms with Crippen molar-refractivity contribution in [2.24, 2.45) is 0 Å². The maximum Gasteiger partial charge on any atom is 0.308 e. The molecule has 1 aromatic rings. The lowest BCUT2D eigenvalue weighted by atomic mass is 10.1. The first kappa shape index (κ1) is 9.51. The molecule has 0 aliphatic carbocycles. The number of hydrogen-bond donors (Lipinski definition) is 1. The van der Waals surface area contributed by atoms with Crippen molar-refractivity contribution >= 4 is 5.97 Å². The van der Waals surface area contributed by atoms with Crippen LogP contribution >= 0.6 is 0 Å². The molecule has 70 valence electrons. The summed E-state index contributed by atoms with van der Waals surface area (Å²) in [5.74, 6) is -0.489. The summed E-state index contributed by atoms with van der Waals surface area (Å²) < 4.78 is 4.95. The smallest absolute Gasteiger partial charge is 0.308 e. The number of ether oxygens (including phenoxy) is 1. The van der Waals surface area contributed by atoms with E-state index in [4.69, 9.17) is 9.84 Å². The maximum absolute atomic E-state index is 10.5. The number of methoxy groups -OCH3 is 1. The summed E-state index contributed by atoms with van der Waals surface area (Å²) in [7, 11) is 1.48. The fourth-order valence-corrected chi connectivity index (χ4v) is 1.11. The van der Waals surface area contributed by atoms with Crippen LogP contribution in [-0.2, 0) is 11.2 Å². The summed E-state index contributed by atoms with van der Waals surface area (Å²) in [5, 5.41) is 8.63. The van der Waals surface area contributed by atoms with E-state index in [0.717, 1.165) is 5.56 Å². The first-order chi connectivity index (χ1) is 6.15. The van der Waals surface area contributed by atoms with Gasteiger partial charge >= 0.3 is 5.97 Å². The fraction of sp³-hybridized carbons (Fsp3) is 0.333. The van der Waals surface area contributed by atoms with Gasteiger partial charge in [-0.1, -0.05) is 0 Å². The molecule has 0 saturated heterocycles. The predicted molar refractivity (Wildman–Crippen MR) is 46.9 cm³/mol. The van der Waals surface area contributed by atoms with Crippen molar-refractivity contribution in [1.29, 1.82) is 0 Å². The van der Waals surface area contributed by atoms with E-state index in [1.165, 1.54) is 7.11 Å². The molecule has 0 aliphatic heterocycles. The van der Waals surface area contributed by atoms with E-state index in [2.05, 4.69) is 4.98 Å². The first-order valence-electron chi connectivity index (χ1n) is 3.85. The second-order valence-electron chi connectivity index (χ2n) is 2.69. The zero-order valence-corrected chi connectivity index (χ0v) is 7.57. The molecule has 0 saturated carbocycles. The Morgan fingerprint density at radius 1 is 1.69 bits per heavy atom. The minimum Gasteiger partial charge on any atom is -0.481 e. The van der Waals surface area contributed by atoms with Crippen LogP contribution in [0.2, 0.25) is 0 Å². The van der Waals surface area contributed by atoms with E-state index in [-0.39, 0.29) is 6.42 Å². The van der Waals surface area contributed by atoms with Crippen LogP contribution in [-0.4, -0.2) is 23.2 Å². The van der Waals surface area contributed by atoms with Gasteiger partial charge in [-0.3, -0.25) is 4.79 Å². The number of carboxylic acids is 1. The van der Waals surface area contributed by atoms with Crippen molar-refractivity contribution in [2.45, 2.75) is 13.3 Å². The summed E-state index contributed by atoms with van der Waals surface area (Å²) in [6.45, 7) is 1.84. The third-order valence-electron chi connectivity index (χ3n) is 1.77. The second kappa shape index (κ2) is 3.89. The molecule has 0 amide bonds. The number of rotatable bonds is 3. The standard InChI is InChI=1S/C9H11NO3/c1-6-3-4-10-9(13-2)7(6)5-8(11)12/h3-4H,5H2,1-2H3,(H,11,12). The van der Waals surface area contributed by atoms with Crippen LogP contribution in [0.15, 0.2) is 12.3 Å². The Kier molecular flexibility index (Phi) is 2.84. The molecule has 0 spiro atoms. The van der Waals surface area contributed by atoms with E-state index >= 15 is 0 Å². The molecule has 0 aromatic carbocycles. The largest absolute Gasteiger partial charge is 0.481 e. The molecule has 0 bridgehead atoms. The number of aromatic nitrogens is 1. The highest BCUT2D eigenvalue weighted by Gasteiger charge is 2.10. The molecule has 0 aliphatic rings. The summed E-state index contributed by atoms with van der Waals surface area (Å²) in [6.07, 6.45) is 1.54. The highest BCUT2D eigenvalue weighted by atomic mass is 16.5. The number of pyridine rings is 1. The van der Waals surface area contributed by atoms with E-state index in [1.54, 1.807) is 12.3 Å². The van der Waals surface area contributed by atoms with Crippen LogP contribution < -0.4 is 4.74 Å². The Balaban J connectivity index is 3.07. The highest BCUT2D eigenvalue weighted by Crippen LogP contribution is 2.18. The molecule has 1 aromatic heterocycles. The molecule has 0 radical (unpaired) electrons. The Morgan fingerprint density at radius 3 is 2.92 bits per heavy atom. The third kappa shape index (κ3) is 2.18. The second-order valence-corrected chi connectivity index (χ2v) is 2.69. The van der Waals surface area contributed by atoms with Gasteiger partial charge in [-0.2, -0.15) is 0 Å². The zero-order valence-electron chi connectivity index (χ0n) is 7.57. The van der Waals surface area contributed by atoms with Crippen molar-refractivity contribution in [3.63, 3.8) is 0 Å². The van der Waals surface area contributed by atoms with Crippen LogP contribution in [0.4, 0.5) is 0 Å². The molecule has 0 fully saturated rings. The molecular formula is C9H11NO3. The summed E-state index contributed by atoms with van der Waals surface area (Å²) >= 11 is 0. The number of carboxylic acid groups (broad SMARTS) is 1. The minimum atomic E-state index is -0.880. The van der Waals surface area contributed by atoms with Gasteiger partial charge in [0.05, 0.1) is 13.5 Å². The average Bonchev–Trinajstić information content (AvgIpc) is 2.08. The molecule has 1 N–H and O–H groups in total. The molecule has 1 rings (SSSR count). The van der Waals surface area contributed by atoms with E-state index in [1.807, 2.05) is 6.92 Å². The molecule has 1 heterocycles. The van der Waals surface area contributed by atoms with Crippen molar-refractivity contribution in [3.8, 4) is 5.88 Å². The van der Waals surface area contributed by atoms with E-state index in [0.29, 0.717) is 11.4 Å². The Bertz CT molecular complexity index is 323. The lowest BCUT2D eigenvalue weighted by molar-refractivity contribution is -0.136. The molecule has 4 nitrogen and oxygen atoms in total. The summed E-state index contributed by atoms with van der Waals surface area (Å²) in [4.78, 5) is 14.4. The number of hydrogen-bond acceptors (Lipinski definition) is 3. The van der Waals surface area contributed by atoms with Gasteiger partial charge in [0, 0.05) is 11.8 Å². The Hall–Kier alpha value is -1.58. The van der Waals surface area contributed by atoms with Gasteiger partial charge in [0.1, 0.15) is 0 Å². The van der Waals surface area contributed by atoms with Crippen molar-refractivity contribution in [3.05, 3.63) is 23.4 Å². The van der Waals surface area contributed by atoms with Crippen molar-refractivity contribution in [1.82, 2.24) is 4.98 Å². The van der Waals surface area contributed by atoms with Gasteiger partial charge in [-0.05, 0) is 18.6 Å². The number of nitrogens with zero attached hydrogens (tertiary/aromatic N) is 1. The Labute approximate surface area is 76.2 Å². The first-order valence-corrected chi connectivity index (χ1v) is 3.85.